The molecule has 0 spiro atoms. The predicted octanol–water partition coefficient (Wildman–Crippen LogP) is 2.95. The fraction of sp³-hybridized carbons (Fsp3) is 0.533. The third-order valence-electron chi connectivity index (χ3n) is 3.35. The fourth-order valence-corrected chi connectivity index (χ4v) is 2.47. The van der Waals surface area contributed by atoms with Gasteiger partial charge in [0.2, 0.25) is 0 Å². The Bertz CT molecular complexity index is 529. The van der Waals surface area contributed by atoms with Gasteiger partial charge in [0.05, 0.1) is 7.11 Å². The van der Waals surface area contributed by atoms with Crippen molar-refractivity contribution in [1.82, 2.24) is 0 Å². The molecule has 2 rings (SSSR count). The molecule has 0 N–H and O–H groups in total. The van der Waals surface area contributed by atoms with Gasteiger partial charge in [-0.1, -0.05) is 15.9 Å². The summed E-state index contributed by atoms with van der Waals surface area (Å²) in [6.45, 7) is 5.74. The van der Waals surface area contributed by atoms with E-state index in [0.29, 0.717) is 18.1 Å². The zero-order valence-electron chi connectivity index (χ0n) is 12.5. The minimum absolute atomic E-state index is 0.327. The summed E-state index contributed by atoms with van der Waals surface area (Å²) in [6.07, 6.45) is -0.996. The molecule has 0 radical (unpaired) electrons. The van der Waals surface area contributed by atoms with E-state index in [4.69, 9.17) is 14.2 Å². The summed E-state index contributed by atoms with van der Waals surface area (Å²) in [6, 6.07) is 5.59. The lowest BCUT2D eigenvalue weighted by Crippen LogP contribution is -2.50. The van der Waals surface area contributed by atoms with Crippen molar-refractivity contribution in [3.05, 3.63) is 22.7 Å². The molecule has 1 aliphatic rings. The van der Waals surface area contributed by atoms with Crippen LogP contribution in [0, 0.1) is 0 Å². The molecule has 2 atom stereocenters. The summed E-state index contributed by atoms with van der Waals surface area (Å²) < 4.78 is 23.0. The van der Waals surface area contributed by atoms with Crippen LogP contribution in [0.4, 0.5) is 0 Å². The van der Waals surface area contributed by atoms with Gasteiger partial charge in [-0.3, -0.25) is 0 Å². The first-order chi connectivity index (χ1) is 9.83. The highest BCUT2D eigenvalue weighted by Crippen LogP contribution is 2.37. The number of methoxy groups -OCH3 is 1. The van der Waals surface area contributed by atoms with Gasteiger partial charge in [0.25, 0.3) is 0 Å². The quantitative estimate of drug-likeness (QED) is 0.774. The van der Waals surface area contributed by atoms with Gasteiger partial charge in [-0.25, -0.2) is 4.79 Å². The summed E-state index contributed by atoms with van der Waals surface area (Å²) >= 11 is 3.40. The van der Waals surface area contributed by atoms with Gasteiger partial charge in [0, 0.05) is 4.47 Å². The number of carbonyl (C=O) groups excluding carboxylic acids is 1. The number of rotatable bonds is 4. The largest absolute Gasteiger partial charge is 0.486 e. The maximum Gasteiger partial charge on any atom is 0.334 e. The van der Waals surface area contributed by atoms with E-state index in [2.05, 4.69) is 20.7 Å². The second kappa shape index (κ2) is 6.23. The van der Waals surface area contributed by atoms with Crippen molar-refractivity contribution in [2.24, 2.45) is 0 Å². The monoisotopic (exact) mass is 358 g/mol. The Morgan fingerprint density at radius 3 is 2.81 bits per heavy atom. The summed E-state index contributed by atoms with van der Waals surface area (Å²) in [4.78, 5) is 11.5. The number of esters is 1. The molecule has 0 aromatic heterocycles. The van der Waals surface area contributed by atoms with Crippen molar-refractivity contribution >= 4 is 21.9 Å². The van der Waals surface area contributed by atoms with Crippen LogP contribution >= 0.6 is 15.9 Å². The minimum atomic E-state index is -0.701. The van der Waals surface area contributed by atoms with E-state index in [1.54, 1.807) is 6.92 Å². The molecule has 116 valence electrons. The Hall–Kier alpha value is -1.27. The molecule has 1 heterocycles. The Kier molecular flexibility index (Phi) is 4.78. The number of hydrogen-bond acceptors (Lipinski definition) is 5. The summed E-state index contributed by atoms with van der Waals surface area (Å²) in [7, 11) is 1.34. The molecule has 0 aliphatic carbocycles. The van der Waals surface area contributed by atoms with E-state index < -0.39 is 17.7 Å². The van der Waals surface area contributed by atoms with Crippen molar-refractivity contribution in [3.63, 3.8) is 0 Å². The van der Waals surface area contributed by atoms with Crippen LogP contribution in [0.15, 0.2) is 22.7 Å². The smallest absolute Gasteiger partial charge is 0.334 e. The van der Waals surface area contributed by atoms with Gasteiger partial charge in [-0.05, 0) is 39.0 Å². The second-order valence-corrected chi connectivity index (χ2v) is 6.31. The number of halogens is 1. The van der Waals surface area contributed by atoms with E-state index in [9.17, 15) is 4.79 Å². The van der Waals surface area contributed by atoms with E-state index in [1.165, 1.54) is 7.11 Å². The van der Waals surface area contributed by atoms with Gasteiger partial charge >= 0.3 is 5.97 Å². The van der Waals surface area contributed by atoms with Crippen molar-refractivity contribution in [1.29, 1.82) is 0 Å². The Labute approximate surface area is 132 Å². The zero-order chi connectivity index (χ0) is 15.6. The highest BCUT2D eigenvalue weighted by Gasteiger charge is 2.39. The normalized spacial score (nSPS) is 19.0. The van der Waals surface area contributed by atoms with Crippen molar-refractivity contribution in [2.45, 2.75) is 38.6 Å². The van der Waals surface area contributed by atoms with E-state index in [-0.39, 0.29) is 6.10 Å². The molecule has 0 bridgehead atoms. The molecule has 6 heteroatoms. The fourth-order valence-electron chi connectivity index (χ4n) is 2.13. The molecule has 1 aliphatic heterocycles. The topological polar surface area (TPSA) is 54.0 Å². The molecular formula is C15H19BrO5. The SMILES string of the molecule is COC(=O)C(C)OC(C)(C)[C@H]1COc2ccc(Br)cc2O1. The number of benzene rings is 1. The Balaban J connectivity index is 2.10. The van der Waals surface area contributed by atoms with Gasteiger partial charge in [0.15, 0.2) is 23.7 Å². The second-order valence-electron chi connectivity index (χ2n) is 5.40. The van der Waals surface area contributed by atoms with Crippen LogP contribution in [-0.4, -0.2) is 37.5 Å². The van der Waals surface area contributed by atoms with E-state index in [1.807, 2.05) is 32.0 Å². The molecule has 21 heavy (non-hydrogen) atoms. The number of hydrogen-bond donors (Lipinski definition) is 0. The lowest BCUT2D eigenvalue weighted by molar-refractivity contribution is -0.175. The van der Waals surface area contributed by atoms with Crippen LogP contribution < -0.4 is 9.47 Å². The molecular weight excluding hydrogens is 340 g/mol. The standard InChI is InChI=1S/C15H19BrO5/c1-9(14(17)18-4)21-15(2,3)13-8-19-11-6-5-10(16)7-12(11)20-13/h5-7,9,13H,8H2,1-4H3/t9?,13-/m1/s1. The summed E-state index contributed by atoms with van der Waals surface area (Å²) in [5, 5.41) is 0. The van der Waals surface area contributed by atoms with E-state index in [0.717, 1.165) is 4.47 Å². The highest BCUT2D eigenvalue weighted by atomic mass is 79.9. The first-order valence-corrected chi connectivity index (χ1v) is 7.47. The minimum Gasteiger partial charge on any atom is -0.486 e. The predicted molar refractivity (Wildman–Crippen MR) is 80.7 cm³/mol. The van der Waals surface area contributed by atoms with Crippen LogP contribution in [0.25, 0.3) is 0 Å². The van der Waals surface area contributed by atoms with Gasteiger partial charge in [-0.2, -0.15) is 0 Å². The van der Waals surface area contributed by atoms with Crippen molar-refractivity contribution in [2.75, 3.05) is 13.7 Å². The number of carbonyl (C=O) groups is 1. The molecule has 0 saturated carbocycles. The number of ether oxygens (including phenoxy) is 4. The maximum atomic E-state index is 11.5. The first-order valence-electron chi connectivity index (χ1n) is 6.68. The average molecular weight is 359 g/mol. The molecule has 0 saturated heterocycles. The molecule has 0 amide bonds. The Morgan fingerprint density at radius 2 is 2.14 bits per heavy atom. The molecule has 0 fully saturated rings. The van der Waals surface area contributed by atoms with Gasteiger partial charge in [0.1, 0.15) is 12.2 Å². The first kappa shape index (κ1) is 16.1. The number of fused-ring (bicyclic) bond motifs is 1. The lowest BCUT2D eigenvalue weighted by Gasteiger charge is -2.38. The summed E-state index contributed by atoms with van der Waals surface area (Å²) in [5.74, 6) is 0.942. The van der Waals surface area contributed by atoms with Crippen LogP contribution in [0.5, 0.6) is 11.5 Å². The van der Waals surface area contributed by atoms with Crippen molar-refractivity contribution < 1.29 is 23.7 Å². The molecule has 1 aromatic carbocycles. The van der Waals surface area contributed by atoms with Crippen LogP contribution in [0.2, 0.25) is 0 Å². The third kappa shape index (κ3) is 3.68. The van der Waals surface area contributed by atoms with Crippen LogP contribution in [-0.2, 0) is 14.3 Å². The van der Waals surface area contributed by atoms with Crippen LogP contribution in [0.3, 0.4) is 0 Å². The molecule has 1 aromatic rings. The van der Waals surface area contributed by atoms with Crippen LogP contribution in [0.1, 0.15) is 20.8 Å². The molecule has 1 unspecified atom stereocenters. The highest BCUT2D eigenvalue weighted by molar-refractivity contribution is 9.10. The zero-order valence-corrected chi connectivity index (χ0v) is 14.1. The van der Waals surface area contributed by atoms with Gasteiger partial charge < -0.3 is 18.9 Å². The summed E-state index contributed by atoms with van der Waals surface area (Å²) in [5.41, 5.74) is -0.701. The van der Waals surface area contributed by atoms with E-state index >= 15 is 0 Å². The molecule has 5 nitrogen and oxygen atoms in total. The average Bonchev–Trinajstić information content (AvgIpc) is 2.44. The van der Waals surface area contributed by atoms with Gasteiger partial charge in [-0.15, -0.1) is 0 Å². The van der Waals surface area contributed by atoms with Crippen molar-refractivity contribution in [3.8, 4) is 11.5 Å². The third-order valence-corrected chi connectivity index (χ3v) is 3.85. The maximum absolute atomic E-state index is 11.5. The Morgan fingerprint density at radius 1 is 1.43 bits per heavy atom. The lowest BCUT2D eigenvalue weighted by atomic mass is 10.0.